The first-order valence-electron chi connectivity index (χ1n) is 3.23. The van der Waals surface area contributed by atoms with Crippen molar-refractivity contribution >= 4 is 19.7 Å². The highest BCUT2D eigenvalue weighted by Crippen LogP contribution is 2.00. The zero-order chi connectivity index (χ0) is 8.69. The van der Waals surface area contributed by atoms with E-state index in [9.17, 15) is 0 Å². The predicted molar refractivity (Wildman–Crippen MR) is 49.7 cm³/mol. The lowest BCUT2D eigenvalue weighted by molar-refractivity contribution is 0.417. The molecule has 0 bridgehead atoms. The van der Waals surface area contributed by atoms with E-state index in [1.54, 1.807) is 0 Å². The van der Waals surface area contributed by atoms with Crippen LogP contribution in [0.3, 0.4) is 0 Å². The van der Waals surface area contributed by atoms with Gasteiger partial charge in [0, 0.05) is 4.90 Å². The molecule has 0 spiro atoms. The maximum Gasteiger partial charge on any atom is 0.448 e. The highest BCUT2D eigenvalue weighted by Gasteiger charge is 1.86. The lowest BCUT2D eigenvalue weighted by atomic mass is 9.99. The minimum absolute atomic E-state index is 1.02. The molecule has 0 atom stereocenters. The van der Waals surface area contributed by atoms with E-state index in [0.29, 0.717) is 0 Å². The van der Waals surface area contributed by atoms with Gasteiger partial charge in [0.1, 0.15) is 0 Å². The SMILES string of the molecule is CB(O)O.Sc1ccccc1. The van der Waals surface area contributed by atoms with Crippen LogP contribution in [0.25, 0.3) is 0 Å². The molecule has 1 aromatic carbocycles. The molecule has 0 radical (unpaired) electrons. The third-order valence-electron chi connectivity index (χ3n) is 0.756. The molecule has 0 saturated carbocycles. The molecule has 2 N–H and O–H groups in total. The van der Waals surface area contributed by atoms with Crippen molar-refractivity contribution in [2.24, 2.45) is 0 Å². The summed E-state index contributed by atoms with van der Waals surface area (Å²) in [5, 5.41) is 15.2. The van der Waals surface area contributed by atoms with E-state index in [-0.39, 0.29) is 0 Å². The van der Waals surface area contributed by atoms with Crippen LogP contribution in [0.4, 0.5) is 0 Å². The summed E-state index contributed by atoms with van der Waals surface area (Å²) in [6, 6.07) is 9.79. The molecule has 1 aromatic rings. The fourth-order valence-electron chi connectivity index (χ4n) is 0.428. The summed E-state index contributed by atoms with van der Waals surface area (Å²) in [6.45, 7) is 1.28. The van der Waals surface area contributed by atoms with E-state index in [1.807, 2.05) is 30.3 Å². The highest BCUT2D eigenvalue weighted by molar-refractivity contribution is 7.80. The summed E-state index contributed by atoms with van der Waals surface area (Å²) in [6.07, 6.45) is 0. The van der Waals surface area contributed by atoms with Crippen LogP contribution in [0.2, 0.25) is 6.82 Å². The van der Waals surface area contributed by atoms with Gasteiger partial charge in [-0.15, -0.1) is 12.6 Å². The molecule has 0 aliphatic rings. The summed E-state index contributed by atoms with van der Waals surface area (Å²) < 4.78 is 0. The van der Waals surface area contributed by atoms with E-state index in [4.69, 9.17) is 10.0 Å². The first kappa shape index (κ1) is 10.6. The van der Waals surface area contributed by atoms with Gasteiger partial charge in [0.2, 0.25) is 0 Å². The average molecular weight is 170 g/mol. The molecule has 4 heteroatoms. The monoisotopic (exact) mass is 170 g/mol. The summed E-state index contributed by atoms with van der Waals surface area (Å²) >= 11 is 4.08. The second kappa shape index (κ2) is 6.28. The summed E-state index contributed by atoms with van der Waals surface area (Å²) in [7, 11) is -1.17. The van der Waals surface area contributed by atoms with Crippen LogP contribution in [0.15, 0.2) is 35.2 Å². The van der Waals surface area contributed by atoms with Crippen molar-refractivity contribution in [3.63, 3.8) is 0 Å². The molecular formula is C7H11BO2S. The second-order valence-electron chi connectivity index (χ2n) is 1.97. The predicted octanol–water partition coefficient (Wildman–Crippen LogP) is 1.06. The molecular weight excluding hydrogens is 159 g/mol. The van der Waals surface area contributed by atoms with Gasteiger partial charge >= 0.3 is 7.12 Å². The Bertz CT molecular complexity index is 176. The Morgan fingerprint density at radius 2 is 1.55 bits per heavy atom. The van der Waals surface area contributed by atoms with E-state index < -0.39 is 7.12 Å². The van der Waals surface area contributed by atoms with Crippen LogP contribution in [0, 0.1) is 0 Å². The zero-order valence-corrected chi connectivity index (χ0v) is 7.20. The molecule has 0 aliphatic heterocycles. The fraction of sp³-hybridized carbons (Fsp3) is 0.143. The Morgan fingerprint density at radius 3 is 1.73 bits per heavy atom. The van der Waals surface area contributed by atoms with Gasteiger partial charge in [0.25, 0.3) is 0 Å². The van der Waals surface area contributed by atoms with Crippen LogP contribution >= 0.6 is 12.6 Å². The largest absolute Gasteiger partial charge is 0.448 e. The smallest absolute Gasteiger partial charge is 0.427 e. The minimum atomic E-state index is -1.17. The molecule has 0 amide bonds. The molecule has 0 saturated heterocycles. The first-order valence-corrected chi connectivity index (χ1v) is 3.68. The molecule has 11 heavy (non-hydrogen) atoms. The fourth-order valence-corrected chi connectivity index (χ4v) is 0.600. The minimum Gasteiger partial charge on any atom is -0.427 e. The van der Waals surface area contributed by atoms with E-state index >= 15 is 0 Å². The van der Waals surface area contributed by atoms with Crippen LogP contribution < -0.4 is 0 Å². The number of hydrogen-bond donors (Lipinski definition) is 3. The van der Waals surface area contributed by atoms with Gasteiger partial charge < -0.3 is 10.0 Å². The molecule has 0 heterocycles. The third-order valence-corrected chi connectivity index (χ3v) is 1.05. The molecule has 60 valence electrons. The lowest BCUT2D eigenvalue weighted by Gasteiger charge is -1.81. The Labute approximate surface area is 72.4 Å². The molecule has 2 nitrogen and oxygen atoms in total. The van der Waals surface area contributed by atoms with Gasteiger partial charge in [0.15, 0.2) is 0 Å². The van der Waals surface area contributed by atoms with Gasteiger partial charge in [-0.25, -0.2) is 0 Å². The maximum atomic E-state index is 7.61. The molecule has 0 unspecified atom stereocenters. The van der Waals surface area contributed by atoms with Crippen molar-refractivity contribution in [1.29, 1.82) is 0 Å². The normalized spacial score (nSPS) is 8.00. The Kier molecular flexibility index (Phi) is 6.02. The summed E-state index contributed by atoms with van der Waals surface area (Å²) in [5.41, 5.74) is 0. The quantitative estimate of drug-likeness (QED) is 0.402. The van der Waals surface area contributed by atoms with Crippen molar-refractivity contribution in [2.45, 2.75) is 11.7 Å². The molecule has 0 fully saturated rings. The topological polar surface area (TPSA) is 40.5 Å². The van der Waals surface area contributed by atoms with Gasteiger partial charge in [0.05, 0.1) is 0 Å². The van der Waals surface area contributed by atoms with Gasteiger partial charge in [-0.05, 0) is 19.0 Å². The number of benzene rings is 1. The second-order valence-corrected chi connectivity index (χ2v) is 2.48. The van der Waals surface area contributed by atoms with Gasteiger partial charge in [-0.2, -0.15) is 0 Å². The van der Waals surface area contributed by atoms with Gasteiger partial charge in [-0.3, -0.25) is 0 Å². The zero-order valence-electron chi connectivity index (χ0n) is 6.31. The Balaban J connectivity index is 0.000000218. The summed E-state index contributed by atoms with van der Waals surface area (Å²) in [4.78, 5) is 1.02. The number of hydrogen-bond acceptors (Lipinski definition) is 3. The summed E-state index contributed by atoms with van der Waals surface area (Å²) in [5.74, 6) is 0. The Hall–Kier alpha value is -0.445. The lowest BCUT2D eigenvalue weighted by Crippen LogP contribution is -2.00. The number of thiol groups is 1. The Morgan fingerprint density at radius 1 is 1.18 bits per heavy atom. The van der Waals surface area contributed by atoms with Crippen molar-refractivity contribution in [1.82, 2.24) is 0 Å². The first-order chi connectivity index (χ1) is 5.13. The highest BCUT2D eigenvalue weighted by atomic mass is 32.1. The molecule has 0 aliphatic carbocycles. The number of rotatable bonds is 0. The molecule has 0 aromatic heterocycles. The van der Waals surface area contributed by atoms with Crippen molar-refractivity contribution in [3.8, 4) is 0 Å². The standard InChI is InChI=1S/C6H6S.CH5BO2/c7-6-4-2-1-3-5-6;1-2(3)4/h1-5,7H;3-4H,1H3. The van der Waals surface area contributed by atoms with Crippen LogP contribution in [0.5, 0.6) is 0 Å². The van der Waals surface area contributed by atoms with Gasteiger partial charge in [-0.1, -0.05) is 18.2 Å². The van der Waals surface area contributed by atoms with Crippen LogP contribution in [-0.4, -0.2) is 17.2 Å². The van der Waals surface area contributed by atoms with Crippen molar-refractivity contribution in [3.05, 3.63) is 30.3 Å². The third kappa shape index (κ3) is 9.55. The maximum absolute atomic E-state index is 7.61. The van der Waals surface area contributed by atoms with E-state index in [0.717, 1.165) is 4.90 Å². The van der Waals surface area contributed by atoms with Crippen LogP contribution in [0.1, 0.15) is 0 Å². The van der Waals surface area contributed by atoms with E-state index in [1.165, 1.54) is 6.82 Å². The van der Waals surface area contributed by atoms with E-state index in [2.05, 4.69) is 12.6 Å². The van der Waals surface area contributed by atoms with Crippen molar-refractivity contribution < 1.29 is 10.0 Å². The van der Waals surface area contributed by atoms with Crippen molar-refractivity contribution in [2.75, 3.05) is 0 Å². The molecule has 1 rings (SSSR count). The average Bonchev–Trinajstić information content (AvgIpc) is 1.87. The van der Waals surface area contributed by atoms with Crippen LogP contribution in [-0.2, 0) is 0 Å².